The number of epoxide rings is 1. The second kappa shape index (κ2) is 10.0. The first kappa shape index (κ1) is 22.8. The number of aryl methyl sites for hydroxylation is 2. The van der Waals surface area contributed by atoms with E-state index in [1.807, 2.05) is 25.2 Å². The van der Waals surface area contributed by atoms with E-state index in [4.69, 9.17) is 4.74 Å². The molecule has 0 bridgehead atoms. The molecule has 1 heterocycles. The molecule has 2 aliphatic rings. The first-order chi connectivity index (χ1) is 15.5. The summed E-state index contributed by atoms with van der Waals surface area (Å²) in [6, 6.07) is 6.61. The van der Waals surface area contributed by atoms with E-state index in [0.717, 1.165) is 5.57 Å². The Hall–Kier alpha value is -2.40. The number of halogens is 4. The average Bonchev–Trinajstić information content (AvgIpc) is 3.63. The summed E-state index contributed by atoms with van der Waals surface area (Å²) in [4.78, 5) is 0. The van der Waals surface area contributed by atoms with Gasteiger partial charge in [-0.1, -0.05) is 42.5 Å². The van der Waals surface area contributed by atoms with E-state index in [9.17, 15) is 17.6 Å². The number of hydrogen-bond acceptors (Lipinski definition) is 1. The van der Waals surface area contributed by atoms with E-state index in [2.05, 4.69) is 0 Å². The Labute approximate surface area is 186 Å². The zero-order valence-corrected chi connectivity index (χ0v) is 18.3. The Bertz CT molecular complexity index is 1040. The van der Waals surface area contributed by atoms with Crippen LogP contribution < -0.4 is 0 Å². The number of ether oxygens (including phenoxy) is 1. The molecule has 0 spiro atoms. The molecule has 1 fully saturated rings. The molecule has 1 saturated heterocycles. The van der Waals surface area contributed by atoms with Gasteiger partial charge >= 0.3 is 0 Å². The zero-order chi connectivity index (χ0) is 22.7. The number of benzene rings is 2. The Kier molecular flexibility index (Phi) is 7.14. The molecule has 170 valence electrons. The van der Waals surface area contributed by atoms with Gasteiger partial charge in [0.05, 0.1) is 12.7 Å². The normalized spacial score (nSPS) is 20.6. The van der Waals surface area contributed by atoms with Gasteiger partial charge in [-0.3, -0.25) is 0 Å². The molecular weight excluding hydrogens is 416 g/mol. The maximum Gasteiger partial charge on any atom is 0.166 e. The van der Waals surface area contributed by atoms with Gasteiger partial charge in [0.25, 0.3) is 0 Å². The van der Waals surface area contributed by atoms with Gasteiger partial charge in [0.1, 0.15) is 0 Å². The van der Waals surface area contributed by atoms with E-state index in [-0.39, 0.29) is 17.6 Å². The molecule has 5 heteroatoms. The second-order valence-electron chi connectivity index (χ2n) is 8.64. The number of hydrogen-bond donors (Lipinski definition) is 0. The SMILES string of the molecule is C/C=C/CCc1ccc(C2CC=C(c3ccc(CCC4CO4)c(F)c3F)CC2)c(F)c1F. The van der Waals surface area contributed by atoms with Gasteiger partial charge in [-0.15, -0.1) is 0 Å². The van der Waals surface area contributed by atoms with Crippen LogP contribution in [0.1, 0.15) is 67.2 Å². The largest absolute Gasteiger partial charge is 0.373 e. The predicted molar refractivity (Wildman–Crippen MR) is 118 cm³/mol. The van der Waals surface area contributed by atoms with Crippen LogP contribution in [-0.4, -0.2) is 12.7 Å². The Morgan fingerprint density at radius 3 is 2.34 bits per heavy atom. The molecule has 0 amide bonds. The van der Waals surface area contributed by atoms with E-state index >= 15 is 0 Å². The Morgan fingerprint density at radius 1 is 0.938 bits per heavy atom. The van der Waals surface area contributed by atoms with Crippen molar-refractivity contribution in [3.05, 3.63) is 88.0 Å². The van der Waals surface area contributed by atoms with E-state index in [1.54, 1.807) is 24.3 Å². The van der Waals surface area contributed by atoms with E-state index in [1.165, 1.54) is 0 Å². The molecule has 0 aromatic heterocycles. The van der Waals surface area contributed by atoms with Gasteiger partial charge in [0.2, 0.25) is 0 Å². The molecule has 0 N–H and O–H groups in total. The van der Waals surface area contributed by atoms with Crippen molar-refractivity contribution in [3.8, 4) is 0 Å². The predicted octanol–water partition coefficient (Wildman–Crippen LogP) is 7.43. The van der Waals surface area contributed by atoms with Crippen molar-refractivity contribution < 1.29 is 22.3 Å². The van der Waals surface area contributed by atoms with Gasteiger partial charge in [0, 0.05) is 5.56 Å². The fourth-order valence-electron chi connectivity index (χ4n) is 4.46. The summed E-state index contributed by atoms with van der Waals surface area (Å²) in [6.07, 6.45) is 9.58. The van der Waals surface area contributed by atoms with Crippen LogP contribution in [0.5, 0.6) is 0 Å². The monoisotopic (exact) mass is 444 g/mol. The molecule has 4 rings (SSSR count). The van der Waals surface area contributed by atoms with Crippen LogP contribution in [-0.2, 0) is 17.6 Å². The van der Waals surface area contributed by atoms with Gasteiger partial charge in [0.15, 0.2) is 23.3 Å². The third-order valence-corrected chi connectivity index (χ3v) is 6.51. The third-order valence-electron chi connectivity index (χ3n) is 6.51. The minimum Gasteiger partial charge on any atom is -0.373 e. The Morgan fingerprint density at radius 2 is 1.66 bits per heavy atom. The van der Waals surface area contributed by atoms with Crippen LogP contribution in [0.15, 0.2) is 42.5 Å². The quantitative estimate of drug-likeness (QED) is 0.234. The van der Waals surface area contributed by atoms with Crippen molar-refractivity contribution >= 4 is 5.57 Å². The molecule has 2 aromatic carbocycles. The van der Waals surface area contributed by atoms with Crippen LogP contribution in [0.2, 0.25) is 0 Å². The van der Waals surface area contributed by atoms with E-state index in [0.29, 0.717) is 68.2 Å². The topological polar surface area (TPSA) is 12.5 Å². The summed E-state index contributed by atoms with van der Waals surface area (Å²) in [5.41, 5.74) is 2.08. The maximum absolute atomic E-state index is 14.7. The van der Waals surface area contributed by atoms with Crippen LogP contribution in [0.3, 0.4) is 0 Å². The lowest BCUT2D eigenvalue weighted by atomic mass is 9.81. The van der Waals surface area contributed by atoms with Crippen LogP contribution >= 0.6 is 0 Å². The molecule has 32 heavy (non-hydrogen) atoms. The lowest BCUT2D eigenvalue weighted by Gasteiger charge is -2.24. The van der Waals surface area contributed by atoms with Crippen LogP contribution in [0.4, 0.5) is 17.6 Å². The maximum atomic E-state index is 14.7. The summed E-state index contributed by atoms with van der Waals surface area (Å²) >= 11 is 0. The zero-order valence-electron chi connectivity index (χ0n) is 18.3. The highest BCUT2D eigenvalue weighted by atomic mass is 19.2. The van der Waals surface area contributed by atoms with Crippen LogP contribution in [0, 0.1) is 23.3 Å². The van der Waals surface area contributed by atoms with Crippen molar-refractivity contribution in [1.82, 2.24) is 0 Å². The average molecular weight is 445 g/mol. The molecule has 1 aliphatic carbocycles. The molecular formula is C27H28F4O. The number of rotatable bonds is 8. The first-order valence-corrected chi connectivity index (χ1v) is 11.3. The highest BCUT2D eigenvalue weighted by molar-refractivity contribution is 5.67. The van der Waals surface area contributed by atoms with Crippen molar-refractivity contribution in [1.29, 1.82) is 0 Å². The standard InChI is InChI=1S/C27H28F4O/c1-2-3-4-5-19-11-14-22(26(30)24(19)28)17-6-8-18(9-7-17)23-15-12-20(25(29)27(23)31)10-13-21-16-32-21/h2-3,8,11-12,14-15,17,21H,4-7,9-10,13,16H2,1H3/b3-2+. The smallest absolute Gasteiger partial charge is 0.166 e. The summed E-state index contributed by atoms with van der Waals surface area (Å²) < 4.78 is 63.7. The fourth-order valence-corrected chi connectivity index (χ4v) is 4.46. The molecule has 2 aromatic rings. The van der Waals surface area contributed by atoms with Crippen molar-refractivity contribution in [2.45, 2.75) is 63.9 Å². The van der Waals surface area contributed by atoms with Gasteiger partial charge in [-0.05, 0) is 80.1 Å². The molecule has 2 atom stereocenters. The molecule has 2 unspecified atom stereocenters. The fraction of sp³-hybridized carbons (Fsp3) is 0.407. The van der Waals surface area contributed by atoms with Gasteiger partial charge < -0.3 is 4.74 Å². The van der Waals surface area contributed by atoms with Crippen molar-refractivity contribution in [3.63, 3.8) is 0 Å². The van der Waals surface area contributed by atoms with Gasteiger partial charge in [-0.2, -0.15) is 0 Å². The van der Waals surface area contributed by atoms with Crippen molar-refractivity contribution in [2.24, 2.45) is 0 Å². The molecule has 0 saturated carbocycles. The first-order valence-electron chi connectivity index (χ1n) is 11.3. The minimum absolute atomic E-state index is 0.169. The highest BCUT2D eigenvalue weighted by Crippen LogP contribution is 2.39. The summed E-state index contributed by atoms with van der Waals surface area (Å²) in [7, 11) is 0. The Balaban J connectivity index is 1.47. The second-order valence-corrected chi connectivity index (χ2v) is 8.64. The summed E-state index contributed by atoms with van der Waals surface area (Å²) in [6.45, 7) is 2.59. The summed E-state index contributed by atoms with van der Waals surface area (Å²) in [5.74, 6) is -3.36. The minimum atomic E-state index is -0.827. The van der Waals surface area contributed by atoms with Gasteiger partial charge in [-0.25, -0.2) is 17.6 Å². The number of allylic oxidation sites excluding steroid dienone is 4. The lowest BCUT2D eigenvalue weighted by molar-refractivity contribution is 0.394. The molecule has 1 aliphatic heterocycles. The third kappa shape index (κ3) is 4.98. The van der Waals surface area contributed by atoms with Crippen LogP contribution in [0.25, 0.3) is 5.57 Å². The van der Waals surface area contributed by atoms with Crippen molar-refractivity contribution in [2.75, 3.05) is 6.61 Å². The lowest BCUT2D eigenvalue weighted by Crippen LogP contribution is -2.10. The van der Waals surface area contributed by atoms with E-state index < -0.39 is 23.3 Å². The molecule has 1 nitrogen and oxygen atoms in total. The highest BCUT2D eigenvalue weighted by Gasteiger charge is 2.26. The summed E-state index contributed by atoms with van der Waals surface area (Å²) in [5, 5.41) is 0. The molecule has 0 radical (unpaired) electrons.